The maximum absolute atomic E-state index is 10.7. The lowest BCUT2D eigenvalue weighted by atomic mass is 9.91. The largest absolute Gasteiger partial charge is 0.491 e. The van der Waals surface area contributed by atoms with E-state index >= 15 is 0 Å². The third-order valence-corrected chi connectivity index (χ3v) is 4.79. The van der Waals surface area contributed by atoms with Crippen LogP contribution in [0.2, 0.25) is 0 Å². The highest BCUT2D eigenvalue weighted by atomic mass is 16.5. The Hall–Kier alpha value is -1.85. The standard InChI is InChI=1S/C20H29N3O2/c1-15(2)25-18-8-4-6-16(12-18)13-23-10-5-7-17(14-23)19(24)20-21-9-11-22(20)3/h4,6,8-9,11-12,15,17,19,24H,5,7,10,13-14H2,1-3H3. The molecule has 0 radical (unpaired) electrons. The number of likely N-dealkylation sites (tertiary alicyclic amines) is 1. The van der Waals surface area contributed by atoms with Gasteiger partial charge in [-0.05, 0) is 50.9 Å². The summed E-state index contributed by atoms with van der Waals surface area (Å²) in [6.07, 6.45) is 5.47. The van der Waals surface area contributed by atoms with Crippen LogP contribution >= 0.6 is 0 Å². The van der Waals surface area contributed by atoms with Gasteiger partial charge in [-0.2, -0.15) is 0 Å². The van der Waals surface area contributed by atoms with E-state index in [1.807, 2.05) is 37.7 Å². The van der Waals surface area contributed by atoms with Crippen LogP contribution in [0.4, 0.5) is 0 Å². The molecule has 2 atom stereocenters. The number of ether oxygens (including phenoxy) is 1. The lowest BCUT2D eigenvalue weighted by molar-refractivity contribution is 0.0404. The van der Waals surface area contributed by atoms with Gasteiger partial charge in [0, 0.05) is 38.4 Å². The Morgan fingerprint density at radius 1 is 1.36 bits per heavy atom. The van der Waals surface area contributed by atoms with Crippen molar-refractivity contribution in [1.82, 2.24) is 14.5 Å². The van der Waals surface area contributed by atoms with Gasteiger partial charge in [0.1, 0.15) is 17.7 Å². The van der Waals surface area contributed by atoms with Crippen LogP contribution in [0.1, 0.15) is 44.2 Å². The van der Waals surface area contributed by atoms with E-state index in [1.165, 1.54) is 5.56 Å². The fourth-order valence-electron chi connectivity index (χ4n) is 3.61. The minimum Gasteiger partial charge on any atom is -0.491 e. The highest BCUT2D eigenvalue weighted by molar-refractivity contribution is 5.28. The van der Waals surface area contributed by atoms with Crippen molar-refractivity contribution < 1.29 is 9.84 Å². The molecule has 0 bridgehead atoms. The second-order valence-corrected chi connectivity index (χ2v) is 7.29. The number of aromatic nitrogens is 2. The predicted octanol–water partition coefficient (Wildman–Crippen LogP) is 3.15. The first-order valence-corrected chi connectivity index (χ1v) is 9.16. The van der Waals surface area contributed by atoms with Gasteiger partial charge in [-0.1, -0.05) is 12.1 Å². The SMILES string of the molecule is CC(C)Oc1cccc(CN2CCCC(C(O)c3nccn3C)C2)c1. The van der Waals surface area contributed by atoms with Gasteiger partial charge in [0.25, 0.3) is 0 Å². The normalized spacial score (nSPS) is 20.0. The molecule has 136 valence electrons. The summed E-state index contributed by atoms with van der Waals surface area (Å²) in [6, 6.07) is 8.33. The lowest BCUT2D eigenvalue weighted by Crippen LogP contribution is -2.37. The number of aryl methyl sites for hydroxylation is 1. The first-order valence-electron chi connectivity index (χ1n) is 9.16. The summed E-state index contributed by atoms with van der Waals surface area (Å²) in [5.41, 5.74) is 1.25. The number of benzene rings is 1. The Kier molecular flexibility index (Phi) is 5.76. The van der Waals surface area contributed by atoms with Gasteiger partial charge in [0.2, 0.25) is 0 Å². The number of imidazole rings is 1. The minimum atomic E-state index is -0.501. The number of piperidine rings is 1. The fraction of sp³-hybridized carbons (Fsp3) is 0.550. The summed E-state index contributed by atoms with van der Waals surface area (Å²) in [5.74, 6) is 1.92. The topological polar surface area (TPSA) is 50.5 Å². The van der Waals surface area contributed by atoms with Crippen LogP contribution in [-0.4, -0.2) is 38.8 Å². The first-order chi connectivity index (χ1) is 12.0. The van der Waals surface area contributed by atoms with Gasteiger partial charge in [0.05, 0.1) is 6.10 Å². The van der Waals surface area contributed by atoms with Gasteiger partial charge in [-0.15, -0.1) is 0 Å². The van der Waals surface area contributed by atoms with Crippen molar-refractivity contribution in [1.29, 1.82) is 0 Å². The van der Waals surface area contributed by atoms with Crippen molar-refractivity contribution in [3.8, 4) is 5.75 Å². The molecule has 5 nitrogen and oxygen atoms in total. The van der Waals surface area contributed by atoms with Crippen molar-refractivity contribution >= 4 is 0 Å². The number of hydrogen-bond acceptors (Lipinski definition) is 4. The highest BCUT2D eigenvalue weighted by Gasteiger charge is 2.29. The van der Waals surface area contributed by atoms with Crippen LogP contribution in [0.5, 0.6) is 5.75 Å². The van der Waals surface area contributed by atoms with E-state index in [2.05, 4.69) is 28.1 Å². The van der Waals surface area contributed by atoms with Crippen LogP contribution in [-0.2, 0) is 13.6 Å². The molecule has 1 N–H and O–H groups in total. The summed E-state index contributed by atoms with van der Waals surface area (Å²) in [4.78, 5) is 6.74. The molecule has 2 unspecified atom stereocenters. The van der Waals surface area contributed by atoms with Crippen LogP contribution in [0.25, 0.3) is 0 Å². The molecule has 0 saturated carbocycles. The molecule has 1 aromatic carbocycles. The molecule has 0 amide bonds. The molecule has 3 rings (SSSR count). The maximum Gasteiger partial charge on any atom is 0.137 e. The van der Waals surface area contributed by atoms with Crippen molar-refractivity contribution in [3.63, 3.8) is 0 Å². The molecule has 2 heterocycles. The van der Waals surface area contributed by atoms with Crippen LogP contribution < -0.4 is 4.74 Å². The zero-order valence-electron chi connectivity index (χ0n) is 15.4. The number of aliphatic hydroxyl groups excluding tert-OH is 1. The Morgan fingerprint density at radius 2 is 2.20 bits per heavy atom. The molecule has 0 spiro atoms. The van der Waals surface area contributed by atoms with Gasteiger partial charge in [0.15, 0.2) is 0 Å². The quantitative estimate of drug-likeness (QED) is 0.875. The van der Waals surface area contributed by atoms with E-state index in [0.717, 1.165) is 44.0 Å². The Bertz CT molecular complexity index is 683. The second-order valence-electron chi connectivity index (χ2n) is 7.29. The summed E-state index contributed by atoms with van der Waals surface area (Å²) in [7, 11) is 1.94. The number of rotatable bonds is 6. The molecule has 0 aliphatic carbocycles. The third-order valence-electron chi connectivity index (χ3n) is 4.79. The Labute approximate surface area is 150 Å². The number of aliphatic hydroxyl groups is 1. The minimum absolute atomic E-state index is 0.183. The molecule has 1 aliphatic heterocycles. The van der Waals surface area contributed by atoms with E-state index in [4.69, 9.17) is 4.74 Å². The highest BCUT2D eigenvalue weighted by Crippen LogP contribution is 2.29. The zero-order chi connectivity index (χ0) is 17.8. The molecule has 25 heavy (non-hydrogen) atoms. The molecule has 1 aliphatic rings. The molecule has 1 saturated heterocycles. The fourth-order valence-corrected chi connectivity index (χ4v) is 3.61. The maximum atomic E-state index is 10.7. The molecular formula is C20H29N3O2. The average molecular weight is 343 g/mol. The smallest absolute Gasteiger partial charge is 0.137 e. The molecular weight excluding hydrogens is 314 g/mol. The molecule has 1 aromatic heterocycles. The lowest BCUT2D eigenvalue weighted by Gasteiger charge is -2.35. The molecule has 1 fully saturated rings. The summed E-state index contributed by atoms with van der Waals surface area (Å²) < 4.78 is 7.71. The van der Waals surface area contributed by atoms with E-state index < -0.39 is 6.10 Å². The van der Waals surface area contributed by atoms with Crippen LogP contribution in [0, 0.1) is 5.92 Å². The summed E-state index contributed by atoms with van der Waals surface area (Å²) in [5, 5.41) is 10.7. The van der Waals surface area contributed by atoms with E-state index in [0.29, 0.717) is 0 Å². The Morgan fingerprint density at radius 3 is 2.92 bits per heavy atom. The Balaban J connectivity index is 1.63. The third kappa shape index (κ3) is 4.61. The van der Waals surface area contributed by atoms with Gasteiger partial charge < -0.3 is 14.4 Å². The zero-order valence-corrected chi connectivity index (χ0v) is 15.4. The summed E-state index contributed by atoms with van der Waals surface area (Å²) in [6.45, 7) is 6.93. The molecule has 5 heteroatoms. The van der Waals surface area contributed by atoms with Gasteiger partial charge in [-0.3, -0.25) is 4.90 Å². The number of nitrogens with zero attached hydrogens (tertiary/aromatic N) is 3. The number of hydrogen-bond donors (Lipinski definition) is 1. The van der Waals surface area contributed by atoms with Crippen molar-refractivity contribution in [2.24, 2.45) is 13.0 Å². The molecule has 2 aromatic rings. The average Bonchev–Trinajstić information content (AvgIpc) is 3.00. The predicted molar refractivity (Wildman–Crippen MR) is 98.4 cm³/mol. The second kappa shape index (κ2) is 8.02. The van der Waals surface area contributed by atoms with Crippen molar-refractivity contribution in [3.05, 3.63) is 48.0 Å². The van der Waals surface area contributed by atoms with E-state index in [1.54, 1.807) is 6.20 Å². The first kappa shape index (κ1) is 18.0. The van der Waals surface area contributed by atoms with E-state index in [9.17, 15) is 5.11 Å². The summed E-state index contributed by atoms with van der Waals surface area (Å²) >= 11 is 0. The van der Waals surface area contributed by atoms with Crippen molar-refractivity contribution in [2.45, 2.75) is 45.4 Å². The van der Waals surface area contributed by atoms with Gasteiger partial charge >= 0.3 is 0 Å². The van der Waals surface area contributed by atoms with Crippen molar-refractivity contribution in [2.75, 3.05) is 13.1 Å². The van der Waals surface area contributed by atoms with Crippen LogP contribution in [0.3, 0.4) is 0 Å². The van der Waals surface area contributed by atoms with Crippen LogP contribution in [0.15, 0.2) is 36.7 Å². The monoisotopic (exact) mass is 343 g/mol. The van der Waals surface area contributed by atoms with E-state index in [-0.39, 0.29) is 12.0 Å². The van der Waals surface area contributed by atoms with Gasteiger partial charge in [-0.25, -0.2) is 4.98 Å².